The zero-order valence-corrected chi connectivity index (χ0v) is 10.2. The van der Waals surface area contributed by atoms with Crippen LogP contribution in [0.15, 0.2) is 12.1 Å². The molecule has 108 valence electrons. The zero-order valence-electron chi connectivity index (χ0n) is 37.2. The average molecular weight is 288 g/mol. The fraction of sp³-hybridized carbons (Fsp3) is 0.684. The van der Waals surface area contributed by atoms with Crippen molar-refractivity contribution in [2.75, 3.05) is 0 Å². The van der Waals surface area contributed by atoms with Crippen molar-refractivity contribution in [2.24, 2.45) is 0 Å². The number of hydrogen-bond donors (Lipinski definition) is 0. The maximum Gasteiger partial charge on any atom is 0.0239 e. The SMILES string of the molecule is [2H]C([2H])([2H])C(c1cc(C(C([2H])([2H])[2H])(C([2H])([2H])[2H])C([2H])([2H])[2H])c(C)c(C(C([2H])([2H])[2H])(C([2H])([2H])[2H])C([2H])([2H])[2H])c1)(C([2H])([2H])[2H])C([2H])([2H])[2H]. The summed E-state index contributed by atoms with van der Waals surface area (Å²) >= 11 is 0. The molecule has 0 nitrogen and oxygen atoms in total. The van der Waals surface area contributed by atoms with E-state index >= 15 is 0 Å². The quantitative estimate of drug-likeness (QED) is 0.558. The Morgan fingerprint density at radius 3 is 1.37 bits per heavy atom. The van der Waals surface area contributed by atoms with Crippen LogP contribution < -0.4 is 0 Å². The molecule has 1 rings (SSSR count). The van der Waals surface area contributed by atoms with Crippen molar-refractivity contribution in [2.45, 2.75) is 84.8 Å². The van der Waals surface area contributed by atoms with E-state index in [9.17, 15) is 0 Å². The van der Waals surface area contributed by atoms with Gasteiger partial charge in [-0.25, -0.2) is 0 Å². The summed E-state index contributed by atoms with van der Waals surface area (Å²) in [4.78, 5) is 0. The molecular weight excluding hydrogens is 228 g/mol. The average Bonchev–Trinajstić information content (AvgIpc) is 2.61. The van der Waals surface area contributed by atoms with Gasteiger partial charge < -0.3 is 0 Å². The monoisotopic (exact) mass is 287 g/mol. The lowest BCUT2D eigenvalue weighted by molar-refractivity contribution is 0.542. The summed E-state index contributed by atoms with van der Waals surface area (Å²) in [5.41, 5.74) is -18.8. The molecule has 0 bridgehead atoms. The molecular formula is C19H32. The van der Waals surface area contributed by atoms with E-state index in [4.69, 9.17) is 37.0 Å². The van der Waals surface area contributed by atoms with E-state index in [0.29, 0.717) is 6.92 Å². The highest BCUT2D eigenvalue weighted by Gasteiger charge is 2.26. The molecule has 0 aliphatic carbocycles. The molecule has 1 aromatic rings. The molecule has 0 aliphatic heterocycles. The van der Waals surface area contributed by atoms with Crippen LogP contribution in [-0.4, -0.2) is 0 Å². The predicted molar refractivity (Wildman–Crippen MR) is 87.3 cm³/mol. The third-order valence-corrected chi connectivity index (χ3v) is 2.65. The van der Waals surface area contributed by atoms with Gasteiger partial charge in [0.05, 0.1) is 0 Å². The molecule has 1 aromatic carbocycles. The van der Waals surface area contributed by atoms with Crippen molar-refractivity contribution >= 4 is 0 Å². The van der Waals surface area contributed by atoms with Crippen LogP contribution in [-0.2, 0) is 16.2 Å². The van der Waals surface area contributed by atoms with Gasteiger partial charge in [0.25, 0.3) is 0 Å². The smallest absolute Gasteiger partial charge is 0.0239 e. The van der Waals surface area contributed by atoms with Gasteiger partial charge in [-0.15, -0.1) is 0 Å². The van der Waals surface area contributed by atoms with Gasteiger partial charge in [-0.1, -0.05) is 73.8 Å². The molecule has 0 heteroatoms. The van der Waals surface area contributed by atoms with Crippen LogP contribution >= 0.6 is 0 Å². The molecule has 0 atom stereocenters. The van der Waals surface area contributed by atoms with Gasteiger partial charge in [0, 0.05) is 37.0 Å². The Kier molecular flexibility index (Phi) is 0.646. The van der Waals surface area contributed by atoms with Gasteiger partial charge in [0.1, 0.15) is 0 Å². The maximum atomic E-state index is 8.12. The molecule has 0 unspecified atom stereocenters. The lowest BCUT2D eigenvalue weighted by Gasteiger charge is -2.32. The number of hydrogen-bond acceptors (Lipinski definition) is 0. The van der Waals surface area contributed by atoms with Crippen LogP contribution in [0.5, 0.6) is 0 Å². The van der Waals surface area contributed by atoms with E-state index in [-0.39, 0.29) is 12.1 Å². The Morgan fingerprint density at radius 2 is 1.05 bits per heavy atom. The van der Waals surface area contributed by atoms with Crippen LogP contribution in [0.25, 0.3) is 0 Å². The van der Waals surface area contributed by atoms with Crippen molar-refractivity contribution in [1.82, 2.24) is 0 Å². The molecule has 19 heavy (non-hydrogen) atoms. The fourth-order valence-corrected chi connectivity index (χ4v) is 1.71. The van der Waals surface area contributed by atoms with E-state index in [1.807, 2.05) is 0 Å². The minimum atomic E-state index is -4.24. The predicted octanol–water partition coefficient (Wildman–Crippen LogP) is 5.89. The summed E-state index contributed by atoms with van der Waals surface area (Å²) in [7, 11) is 0. The minimum Gasteiger partial charge on any atom is -0.0561 e. The first kappa shape index (κ1) is 2.64. The highest BCUT2D eigenvalue weighted by Crippen LogP contribution is 2.37. The second kappa shape index (κ2) is 4.65. The van der Waals surface area contributed by atoms with Gasteiger partial charge in [-0.3, -0.25) is 0 Å². The molecule has 0 N–H and O–H groups in total. The third kappa shape index (κ3) is 3.61. The zero-order chi connectivity index (χ0) is 37.7. The second-order valence-electron chi connectivity index (χ2n) is 4.45. The van der Waals surface area contributed by atoms with E-state index in [1.165, 1.54) is 0 Å². The van der Waals surface area contributed by atoms with E-state index in [1.54, 1.807) is 0 Å². The van der Waals surface area contributed by atoms with Crippen LogP contribution in [0.3, 0.4) is 0 Å². The lowest BCUT2D eigenvalue weighted by atomic mass is 9.73. The molecule has 0 radical (unpaired) electrons. The topological polar surface area (TPSA) is 0 Å². The van der Waals surface area contributed by atoms with Crippen molar-refractivity contribution in [1.29, 1.82) is 0 Å². The summed E-state index contributed by atoms with van der Waals surface area (Å²) in [6, 6.07) is 0.108. The van der Waals surface area contributed by atoms with Gasteiger partial charge >= 0.3 is 0 Å². The van der Waals surface area contributed by atoms with E-state index in [2.05, 4.69) is 0 Å². The molecule has 0 amide bonds. The summed E-state index contributed by atoms with van der Waals surface area (Å²) in [6.07, 6.45) is 0. The molecule has 0 spiro atoms. The fourth-order valence-electron chi connectivity index (χ4n) is 1.71. The van der Waals surface area contributed by atoms with Crippen LogP contribution in [0.4, 0.5) is 0 Å². The van der Waals surface area contributed by atoms with E-state index < -0.39 is 100 Å². The summed E-state index contributed by atoms with van der Waals surface area (Å²) < 4.78 is 219. The standard InChI is InChI=1S/C19H32/c1-13-15(18(5,6)7)11-14(17(2,3)4)12-16(13)19(8,9)10/h11-12H,1-10H3/i2D3,3D3,4D3,5D3,6D3,7D3,8D3,9D3,10D3. The third-order valence-electron chi connectivity index (χ3n) is 2.65. The van der Waals surface area contributed by atoms with Gasteiger partial charge in [0.2, 0.25) is 0 Å². The summed E-state index contributed by atoms with van der Waals surface area (Å²) in [5, 5.41) is 0. The molecule has 0 fully saturated rings. The Morgan fingerprint density at radius 1 is 0.684 bits per heavy atom. The Balaban J connectivity index is 5.41. The maximum absolute atomic E-state index is 8.12. The highest BCUT2D eigenvalue weighted by molar-refractivity contribution is 5.46. The van der Waals surface area contributed by atoms with Crippen molar-refractivity contribution in [3.05, 3.63) is 34.4 Å². The molecule has 0 heterocycles. The van der Waals surface area contributed by atoms with Gasteiger partial charge in [-0.2, -0.15) is 0 Å². The van der Waals surface area contributed by atoms with E-state index in [0.717, 1.165) is 0 Å². The number of rotatable bonds is 0. The summed E-state index contributed by atoms with van der Waals surface area (Å²) in [5.74, 6) is 0. The van der Waals surface area contributed by atoms with Gasteiger partial charge in [-0.05, 0) is 45.4 Å². The Hall–Kier alpha value is -0.780. The Labute approximate surface area is 158 Å². The minimum absolute atomic E-state index is 0.0539. The lowest BCUT2D eigenvalue weighted by Crippen LogP contribution is -2.23. The van der Waals surface area contributed by atoms with Crippen molar-refractivity contribution < 1.29 is 37.0 Å². The second-order valence-corrected chi connectivity index (χ2v) is 4.45. The van der Waals surface area contributed by atoms with Crippen molar-refractivity contribution in [3.63, 3.8) is 0 Å². The molecule has 0 saturated carbocycles. The molecule has 0 aromatic heterocycles. The highest BCUT2D eigenvalue weighted by atomic mass is 14.3. The largest absolute Gasteiger partial charge is 0.0561 e. The van der Waals surface area contributed by atoms with Crippen LogP contribution in [0, 0.1) is 6.92 Å². The van der Waals surface area contributed by atoms with Crippen LogP contribution in [0.2, 0.25) is 0 Å². The first-order chi connectivity index (χ1) is 19.5. The molecule has 0 saturated heterocycles. The van der Waals surface area contributed by atoms with Gasteiger partial charge in [0.15, 0.2) is 0 Å². The number of benzene rings is 1. The Bertz CT molecular complexity index is 1080. The first-order valence-corrected chi connectivity index (χ1v) is 5.15. The first-order valence-electron chi connectivity index (χ1n) is 18.7. The molecule has 0 aliphatic rings. The summed E-state index contributed by atoms with van der Waals surface area (Å²) in [6.45, 7) is -37.4. The normalized spacial score (nSPS) is 40.8. The van der Waals surface area contributed by atoms with Crippen LogP contribution in [0.1, 0.15) is 121 Å². The van der Waals surface area contributed by atoms with Crippen molar-refractivity contribution in [3.8, 4) is 0 Å².